The second-order valence-electron chi connectivity index (χ2n) is 5.21. The van der Waals surface area contributed by atoms with E-state index < -0.39 is 24.0 Å². The molecule has 0 radical (unpaired) electrons. The second-order valence-corrected chi connectivity index (χ2v) is 5.21. The summed E-state index contributed by atoms with van der Waals surface area (Å²) in [5, 5.41) is 2.62. The van der Waals surface area contributed by atoms with Gasteiger partial charge in [0.1, 0.15) is 0 Å². The quantitative estimate of drug-likeness (QED) is 0.641. The van der Waals surface area contributed by atoms with E-state index in [1.165, 1.54) is 10.0 Å². The van der Waals surface area contributed by atoms with Gasteiger partial charge in [-0.1, -0.05) is 0 Å². The summed E-state index contributed by atoms with van der Waals surface area (Å²) in [5.74, 6) is -1.39. The highest BCUT2D eigenvalue weighted by Gasteiger charge is 2.51. The fourth-order valence-electron chi connectivity index (χ4n) is 2.90. The smallest absolute Gasteiger partial charge is 0.307 e. The van der Waals surface area contributed by atoms with Gasteiger partial charge in [0.25, 0.3) is 0 Å². The van der Waals surface area contributed by atoms with E-state index in [1.54, 1.807) is 13.8 Å². The number of fused-ring (bicyclic) bond motifs is 1. The number of rotatable bonds is 6. The largest absolute Gasteiger partial charge is 0.466 e. The Hall–Kier alpha value is -2.12. The van der Waals surface area contributed by atoms with Crippen LogP contribution in [-0.2, 0) is 28.7 Å². The summed E-state index contributed by atoms with van der Waals surface area (Å²) in [6.07, 6.45) is 0.107. The molecule has 2 aliphatic rings. The summed E-state index contributed by atoms with van der Waals surface area (Å²) >= 11 is 0. The molecular weight excluding hydrogens is 292 g/mol. The first-order chi connectivity index (χ1) is 10.5. The van der Waals surface area contributed by atoms with E-state index in [4.69, 9.17) is 9.47 Å². The normalized spacial score (nSPS) is 23.7. The predicted octanol–water partition coefficient (Wildman–Crippen LogP) is 0.00960. The fourth-order valence-corrected chi connectivity index (χ4v) is 2.90. The van der Waals surface area contributed by atoms with Crippen molar-refractivity contribution in [2.45, 2.75) is 51.6 Å². The molecule has 0 spiro atoms. The van der Waals surface area contributed by atoms with Gasteiger partial charge in [-0.25, -0.2) is 10.0 Å². The Morgan fingerprint density at radius 2 is 1.27 bits per heavy atom. The highest BCUT2D eigenvalue weighted by molar-refractivity contribution is 5.91. The molecule has 0 N–H and O–H groups in total. The van der Waals surface area contributed by atoms with Gasteiger partial charge in [0.2, 0.25) is 11.8 Å². The van der Waals surface area contributed by atoms with Gasteiger partial charge in [0.15, 0.2) is 0 Å². The molecule has 0 aromatic carbocycles. The van der Waals surface area contributed by atoms with E-state index in [1.807, 2.05) is 0 Å². The van der Waals surface area contributed by atoms with Crippen LogP contribution < -0.4 is 0 Å². The third kappa shape index (κ3) is 3.20. The maximum absolute atomic E-state index is 12.1. The summed E-state index contributed by atoms with van der Waals surface area (Å²) in [5.41, 5.74) is 0. The third-order valence-electron chi connectivity index (χ3n) is 3.67. The standard InChI is InChI=1S/C14H20N2O6/c1-3-21-13(19)7-9-5-11(17)16-10(6-12(18)15(9)16)8-14(20)22-4-2/h9-10H,3-8H2,1-2H3. The molecule has 0 aliphatic carbocycles. The topological polar surface area (TPSA) is 93.2 Å². The van der Waals surface area contributed by atoms with Crippen molar-refractivity contribution in [1.82, 2.24) is 10.0 Å². The van der Waals surface area contributed by atoms with Gasteiger partial charge in [0, 0.05) is 0 Å². The molecular formula is C14H20N2O6. The van der Waals surface area contributed by atoms with Gasteiger partial charge >= 0.3 is 11.9 Å². The number of hydrogen-bond acceptors (Lipinski definition) is 6. The van der Waals surface area contributed by atoms with Crippen LogP contribution >= 0.6 is 0 Å². The maximum Gasteiger partial charge on any atom is 0.307 e. The Labute approximate surface area is 128 Å². The summed E-state index contributed by atoms with van der Waals surface area (Å²) in [6, 6.07) is -1.04. The minimum Gasteiger partial charge on any atom is -0.466 e. The molecule has 0 aromatic heterocycles. The van der Waals surface area contributed by atoms with Crippen molar-refractivity contribution in [2.24, 2.45) is 0 Å². The molecule has 2 rings (SSSR count). The van der Waals surface area contributed by atoms with Crippen LogP contribution in [-0.4, -0.2) is 59.1 Å². The number of amides is 2. The molecule has 2 aliphatic heterocycles. The summed E-state index contributed by atoms with van der Waals surface area (Å²) < 4.78 is 9.73. The van der Waals surface area contributed by atoms with Crippen LogP contribution in [0, 0.1) is 0 Å². The molecule has 0 bridgehead atoms. The van der Waals surface area contributed by atoms with Crippen molar-refractivity contribution >= 4 is 23.8 Å². The van der Waals surface area contributed by atoms with Crippen molar-refractivity contribution < 1.29 is 28.7 Å². The minimum absolute atomic E-state index is 0.0199. The van der Waals surface area contributed by atoms with Crippen molar-refractivity contribution in [2.75, 3.05) is 13.2 Å². The van der Waals surface area contributed by atoms with Gasteiger partial charge in [-0.2, -0.15) is 0 Å². The van der Waals surface area contributed by atoms with Crippen LogP contribution in [0.4, 0.5) is 0 Å². The number of carbonyl (C=O) groups is 4. The number of ether oxygens (including phenoxy) is 2. The van der Waals surface area contributed by atoms with E-state index in [0.29, 0.717) is 0 Å². The molecule has 122 valence electrons. The Kier molecular flexibility index (Phi) is 4.99. The van der Waals surface area contributed by atoms with Gasteiger partial charge in [0.05, 0.1) is 51.0 Å². The molecule has 2 unspecified atom stereocenters. The van der Waals surface area contributed by atoms with Gasteiger partial charge < -0.3 is 9.47 Å². The number of esters is 2. The van der Waals surface area contributed by atoms with Crippen molar-refractivity contribution in [1.29, 1.82) is 0 Å². The second kappa shape index (κ2) is 6.76. The van der Waals surface area contributed by atoms with Gasteiger partial charge in [-0.3, -0.25) is 19.2 Å². The SMILES string of the molecule is CCOC(=O)CC1CC(=O)N2C(CC(=O)OCC)CC(=O)N12. The molecule has 2 amide bonds. The zero-order chi connectivity index (χ0) is 16.3. The van der Waals surface area contributed by atoms with Gasteiger partial charge in [-0.05, 0) is 13.8 Å². The van der Waals surface area contributed by atoms with Crippen LogP contribution in [0.3, 0.4) is 0 Å². The molecule has 0 saturated carbocycles. The first-order valence-electron chi connectivity index (χ1n) is 7.43. The van der Waals surface area contributed by atoms with Crippen LogP contribution in [0.2, 0.25) is 0 Å². The van der Waals surface area contributed by atoms with E-state index in [0.717, 1.165) is 0 Å². The number of hydrogen-bond donors (Lipinski definition) is 0. The highest BCUT2D eigenvalue weighted by Crippen LogP contribution is 2.33. The number of nitrogens with zero attached hydrogens (tertiary/aromatic N) is 2. The van der Waals surface area contributed by atoms with E-state index >= 15 is 0 Å². The zero-order valence-corrected chi connectivity index (χ0v) is 12.7. The van der Waals surface area contributed by atoms with Crippen LogP contribution in [0.15, 0.2) is 0 Å². The zero-order valence-electron chi connectivity index (χ0n) is 12.7. The molecule has 0 aromatic rings. The highest BCUT2D eigenvalue weighted by atomic mass is 16.5. The Morgan fingerprint density at radius 1 is 0.909 bits per heavy atom. The van der Waals surface area contributed by atoms with Crippen molar-refractivity contribution in [3.63, 3.8) is 0 Å². The first-order valence-corrected chi connectivity index (χ1v) is 7.43. The molecule has 8 nitrogen and oxygen atoms in total. The molecule has 22 heavy (non-hydrogen) atoms. The lowest BCUT2D eigenvalue weighted by molar-refractivity contribution is -0.155. The predicted molar refractivity (Wildman–Crippen MR) is 73.0 cm³/mol. The molecule has 8 heteroatoms. The summed E-state index contributed by atoms with van der Waals surface area (Å²) in [4.78, 5) is 47.4. The molecule has 2 heterocycles. The number of hydrazine groups is 1. The van der Waals surface area contributed by atoms with Crippen molar-refractivity contribution in [3.8, 4) is 0 Å². The van der Waals surface area contributed by atoms with E-state index in [9.17, 15) is 19.2 Å². The minimum atomic E-state index is -0.522. The summed E-state index contributed by atoms with van der Waals surface area (Å²) in [6.45, 7) is 3.89. The van der Waals surface area contributed by atoms with Crippen LogP contribution in [0.1, 0.15) is 39.5 Å². The van der Waals surface area contributed by atoms with Crippen molar-refractivity contribution in [3.05, 3.63) is 0 Å². The molecule has 2 fully saturated rings. The maximum atomic E-state index is 12.1. The summed E-state index contributed by atoms with van der Waals surface area (Å²) in [7, 11) is 0. The Bertz CT molecular complexity index is 448. The lowest BCUT2D eigenvalue weighted by atomic mass is 10.1. The Balaban J connectivity index is 2.05. The average molecular weight is 312 g/mol. The monoisotopic (exact) mass is 312 g/mol. The lowest BCUT2D eigenvalue weighted by Gasteiger charge is -2.27. The van der Waals surface area contributed by atoms with Gasteiger partial charge in [-0.15, -0.1) is 0 Å². The number of carbonyl (C=O) groups excluding carboxylic acids is 4. The van der Waals surface area contributed by atoms with E-state index in [2.05, 4.69) is 0 Å². The lowest BCUT2D eigenvalue weighted by Crippen LogP contribution is -2.43. The molecule has 2 saturated heterocycles. The molecule has 2 atom stereocenters. The van der Waals surface area contributed by atoms with E-state index in [-0.39, 0.29) is 50.7 Å². The van der Waals surface area contributed by atoms with Crippen LogP contribution in [0.5, 0.6) is 0 Å². The van der Waals surface area contributed by atoms with Crippen LogP contribution in [0.25, 0.3) is 0 Å². The average Bonchev–Trinajstić information content (AvgIpc) is 2.91. The first kappa shape index (κ1) is 16.3. The third-order valence-corrected chi connectivity index (χ3v) is 3.67. The fraction of sp³-hybridized carbons (Fsp3) is 0.714. The Morgan fingerprint density at radius 3 is 1.59 bits per heavy atom.